The van der Waals surface area contributed by atoms with Crippen molar-refractivity contribution in [2.45, 2.75) is 36.4 Å². The molecule has 9 heteroatoms. The van der Waals surface area contributed by atoms with E-state index in [1.54, 1.807) is 36.0 Å². The number of rotatable bonds is 7. The summed E-state index contributed by atoms with van der Waals surface area (Å²) in [5.74, 6) is 0.788. The molecule has 3 heterocycles. The van der Waals surface area contributed by atoms with Gasteiger partial charge in [0.1, 0.15) is 16.6 Å². The number of aromatic nitrogens is 4. The van der Waals surface area contributed by atoms with Gasteiger partial charge in [-0.1, -0.05) is 11.8 Å². The van der Waals surface area contributed by atoms with E-state index in [2.05, 4.69) is 19.7 Å². The molecule has 1 fully saturated rings. The molecule has 0 radical (unpaired) electrons. The summed E-state index contributed by atoms with van der Waals surface area (Å²) in [4.78, 5) is 4.68. The molecule has 5 rings (SSSR count). The lowest BCUT2D eigenvalue weighted by Gasteiger charge is -2.14. The van der Waals surface area contributed by atoms with Crippen molar-refractivity contribution < 1.29 is 13.5 Å². The summed E-state index contributed by atoms with van der Waals surface area (Å²) in [5.41, 5.74) is 2.64. The summed E-state index contributed by atoms with van der Waals surface area (Å²) in [6.45, 7) is 1.42. The first kappa shape index (κ1) is 21.2. The van der Waals surface area contributed by atoms with Gasteiger partial charge in [-0.05, 0) is 61.4 Å². The highest BCUT2D eigenvalue weighted by Gasteiger charge is 2.22. The molecule has 0 spiro atoms. The number of thioether (sulfide) groups is 1. The zero-order chi connectivity index (χ0) is 21.9. The maximum atomic E-state index is 13.4. The molecule has 5 nitrogen and oxygen atoms in total. The van der Waals surface area contributed by atoms with Crippen LogP contribution in [-0.4, -0.2) is 32.5 Å². The van der Waals surface area contributed by atoms with E-state index >= 15 is 0 Å². The number of thiazole rings is 1. The molecular formula is C23H20F2N4OS2. The first-order valence-corrected chi connectivity index (χ1v) is 12.2. The molecule has 164 valence electrons. The Morgan fingerprint density at radius 1 is 1.00 bits per heavy atom. The minimum absolute atomic E-state index is 0.119. The van der Waals surface area contributed by atoms with Crippen molar-refractivity contribution >= 4 is 23.1 Å². The van der Waals surface area contributed by atoms with Crippen LogP contribution in [0.1, 0.15) is 18.5 Å². The Morgan fingerprint density at radius 2 is 1.72 bits per heavy atom. The highest BCUT2D eigenvalue weighted by atomic mass is 32.2. The number of benzene rings is 2. The van der Waals surface area contributed by atoms with Gasteiger partial charge in [-0.15, -0.1) is 21.5 Å². The van der Waals surface area contributed by atoms with Crippen LogP contribution in [0, 0.1) is 11.6 Å². The van der Waals surface area contributed by atoms with Crippen LogP contribution < -0.4 is 0 Å². The Bertz CT molecular complexity index is 1190. The van der Waals surface area contributed by atoms with Crippen LogP contribution in [0.25, 0.3) is 22.0 Å². The third kappa shape index (κ3) is 4.74. The summed E-state index contributed by atoms with van der Waals surface area (Å²) < 4.78 is 34.5. The monoisotopic (exact) mass is 470 g/mol. The van der Waals surface area contributed by atoms with E-state index in [1.807, 2.05) is 5.38 Å². The molecule has 1 aliphatic heterocycles. The van der Waals surface area contributed by atoms with Gasteiger partial charge in [0.05, 0.1) is 18.3 Å². The SMILES string of the molecule is Fc1ccc(-c2nc(CSc3nnc(-c4ccc(F)cc4)n3CC3CCCO3)cs2)cc1. The molecule has 1 atom stereocenters. The van der Waals surface area contributed by atoms with Crippen molar-refractivity contribution in [2.24, 2.45) is 0 Å². The van der Waals surface area contributed by atoms with Crippen LogP contribution in [0.2, 0.25) is 0 Å². The van der Waals surface area contributed by atoms with Gasteiger partial charge in [0.2, 0.25) is 0 Å². The molecule has 1 unspecified atom stereocenters. The van der Waals surface area contributed by atoms with Gasteiger partial charge in [-0.25, -0.2) is 13.8 Å². The van der Waals surface area contributed by atoms with E-state index in [1.165, 1.54) is 35.6 Å². The number of hydrogen-bond donors (Lipinski definition) is 0. The lowest BCUT2D eigenvalue weighted by atomic mass is 10.2. The first-order valence-electron chi connectivity index (χ1n) is 10.3. The summed E-state index contributed by atoms with van der Waals surface area (Å²) in [6.07, 6.45) is 2.17. The lowest BCUT2D eigenvalue weighted by molar-refractivity contribution is 0.0953. The van der Waals surface area contributed by atoms with Gasteiger partial charge in [0.25, 0.3) is 0 Å². The number of ether oxygens (including phenoxy) is 1. The molecule has 2 aromatic heterocycles. The largest absolute Gasteiger partial charge is 0.376 e. The molecule has 0 bridgehead atoms. The molecule has 1 aliphatic rings. The summed E-state index contributed by atoms with van der Waals surface area (Å²) in [7, 11) is 0. The van der Waals surface area contributed by atoms with Gasteiger partial charge in [0, 0.05) is 28.9 Å². The summed E-state index contributed by atoms with van der Waals surface area (Å²) in [6, 6.07) is 12.6. The Balaban J connectivity index is 1.36. The van der Waals surface area contributed by atoms with Crippen LogP contribution in [-0.2, 0) is 17.0 Å². The minimum atomic E-state index is -0.283. The van der Waals surface area contributed by atoms with Crippen molar-refractivity contribution in [3.63, 3.8) is 0 Å². The van der Waals surface area contributed by atoms with E-state index in [0.717, 1.165) is 46.4 Å². The maximum absolute atomic E-state index is 13.4. The van der Waals surface area contributed by atoms with Crippen molar-refractivity contribution in [3.05, 3.63) is 71.2 Å². The average Bonchev–Trinajstić information content (AvgIpc) is 3.56. The van der Waals surface area contributed by atoms with Gasteiger partial charge >= 0.3 is 0 Å². The van der Waals surface area contributed by atoms with Crippen molar-refractivity contribution in [2.75, 3.05) is 6.61 Å². The molecule has 32 heavy (non-hydrogen) atoms. The van der Waals surface area contributed by atoms with Gasteiger partial charge < -0.3 is 4.74 Å². The van der Waals surface area contributed by atoms with Crippen LogP contribution in [0.4, 0.5) is 8.78 Å². The standard InChI is InChI=1S/C23H20F2N4OS2/c24-17-7-3-15(4-8-17)21-27-28-23(29(21)12-20-2-1-11-30-20)32-14-19-13-31-22(26-19)16-5-9-18(25)10-6-16/h3-10,13,20H,1-2,11-12,14H2. The maximum Gasteiger partial charge on any atom is 0.191 e. The average molecular weight is 471 g/mol. The predicted molar refractivity (Wildman–Crippen MR) is 121 cm³/mol. The smallest absolute Gasteiger partial charge is 0.191 e. The zero-order valence-electron chi connectivity index (χ0n) is 17.1. The van der Waals surface area contributed by atoms with Crippen LogP contribution >= 0.6 is 23.1 Å². The summed E-state index contributed by atoms with van der Waals surface area (Å²) >= 11 is 3.09. The molecule has 0 saturated carbocycles. The van der Waals surface area contributed by atoms with Crippen molar-refractivity contribution in [3.8, 4) is 22.0 Å². The fraction of sp³-hybridized carbons (Fsp3) is 0.261. The Labute approximate surface area is 192 Å². The summed E-state index contributed by atoms with van der Waals surface area (Å²) in [5, 5.41) is 12.4. The topological polar surface area (TPSA) is 52.8 Å². The van der Waals surface area contributed by atoms with Crippen molar-refractivity contribution in [1.82, 2.24) is 19.7 Å². The van der Waals surface area contributed by atoms with Crippen LogP contribution in [0.5, 0.6) is 0 Å². The lowest BCUT2D eigenvalue weighted by Crippen LogP contribution is -2.16. The normalized spacial score (nSPS) is 16.0. The highest BCUT2D eigenvalue weighted by Crippen LogP contribution is 2.30. The Morgan fingerprint density at radius 3 is 2.41 bits per heavy atom. The van der Waals surface area contributed by atoms with Gasteiger partial charge in [-0.3, -0.25) is 4.57 Å². The molecule has 2 aromatic carbocycles. The Kier molecular flexibility index (Phi) is 6.29. The molecule has 1 saturated heterocycles. The fourth-order valence-corrected chi connectivity index (χ4v) is 5.37. The number of hydrogen-bond acceptors (Lipinski definition) is 6. The fourth-order valence-electron chi connectivity index (χ4n) is 3.60. The molecule has 0 N–H and O–H groups in total. The van der Waals surface area contributed by atoms with Gasteiger partial charge in [0.15, 0.2) is 11.0 Å². The Hall–Kier alpha value is -2.62. The highest BCUT2D eigenvalue weighted by molar-refractivity contribution is 7.98. The first-order chi connectivity index (χ1) is 15.7. The van der Waals surface area contributed by atoms with Crippen molar-refractivity contribution in [1.29, 1.82) is 0 Å². The van der Waals surface area contributed by atoms with E-state index in [4.69, 9.17) is 4.74 Å². The van der Waals surface area contributed by atoms with E-state index in [-0.39, 0.29) is 17.7 Å². The second-order valence-electron chi connectivity index (χ2n) is 7.50. The number of nitrogens with zero attached hydrogens (tertiary/aromatic N) is 4. The molecule has 0 amide bonds. The second-order valence-corrected chi connectivity index (χ2v) is 9.30. The van der Waals surface area contributed by atoms with Crippen LogP contribution in [0.3, 0.4) is 0 Å². The van der Waals surface area contributed by atoms with Crippen LogP contribution in [0.15, 0.2) is 59.1 Å². The van der Waals surface area contributed by atoms with Gasteiger partial charge in [-0.2, -0.15) is 0 Å². The predicted octanol–water partition coefficient (Wildman–Crippen LogP) is 5.82. The van der Waals surface area contributed by atoms with E-state index in [9.17, 15) is 8.78 Å². The quantitative estimate of drug-likeness (QED) is 0.319. The number of halogens is 2. The zero-order valence-corrected chi connectivity index (χ0v) is 18.7. The molecule has 0 aliphatic carbocycles. The second kappa shape index (κ2) is 9.48. The molecule has 4 aromatic rings. The minimum Gasteiger partial charge on any atom is -0.376 e. The third-order valence-corrected chi connectivity index (χ3v) is 7.16. The molecular weight excluding hydrogens is 450 g/mol. The van der Waals surface area contributed by atoms with E-state index in [0.29, 0.717) is 18.1 Å². The van der Waals surface area contributed by atoms with E-state index < -0.39 is 0 Å². The third-order valence-electron chi connectivity index (χ3n) is 5.22.